The number of fused-ring (bicyclic) bond motifs is 3. The van der Waals surface area contributed by atoms with E-state index in [0.717, 1.165) is 60.4 Å². The Hall–Kier alpha value is -2.45. The number of aryl methyl sites for hydroxylation is 1. The van der Waals surface area contributed by atoms with Gasteiger partial charge < -0.3 is 14.8 Å². The number of hydrogen-bond acceptors (Lipinski definition) is 5. The Kier molecular flexibility index (Phi) is 5.37. The molecule has 4 aliphatic rings. The number of rotatable bonds is 4. The summed E-state index contributed by atoms with van der Waals surface area (Å²) in [7, 11) is 0. The predicted octanol–water partition coefficient (Wildman–Crippen LogP) is 2.67. The molecule has 2 aromatic rings. The molecule has 6 rings (SSSR count). The van der Waals surface area contributed by atoms with E-state index in [1.807, 2.05) is 6.07 Å². The average Bonchev–Trinajstić information content (AvgIpc) is 3.24. The summed E-state index contributed by atoms with van der Waals surface area (Å²) in [4.78, 5) is 32.8. The number of piperidine rings is 2. The Morgan fingerprint density at radius 2 is 1.82 bits per heavy atom. The van der Waals surface area contributed by atoms with Gasteiger partial charge in [0.2, 0.25) is 5.91 Å². The Bertz CT molecular complexity index is 1060. The van der Waals surface area contributed by atoms with Crippen molar-refractivity contribution >= 4 is 28.7 Å². The van der Waals surface area contributed by atoms with Gasteiger partial charge in [0.1, 0.15) is 5.65 Å². The van der Waals surface area contributed by atoms with Gasteiger partial charge in [-0.2, -0.15) is 0 Å². The van der Waals surface area contributed by atoms with Crippen molar-refractivity contribution in [1.82, 2.24) is 25.1 Å². The minimum absolute atomic E-state index is 0.216. The van der Waals surface area contributed by atoms with E-state index >= 15 is 0 Å². The van der Waals surface area contributed by atoms with Gasteiger partial charge in [0.25, 0.3) is 0 Å². The molecule has 2 bridgehead atoms. The zero-order valence-electron chi connectivity index (χ0n) is 19.4. The first kappa shape index (κ1) is 21.1. The number of imide groups is 1. The number of nitrogens with one attached hydrogen (secondary N) is 2. The fraction of sp³-hybridized carbons (Fsp3) is 0.640. The largest absolute Gasteiger partial charge is 0.329 e. The van der Waals surface area contributed by atoms with Crippen LogP contribution in [0, 0.1) is 24.7 Å². The van der Waals surface area contributed by atoms with Crippen molar-refractivity contribution in [2.24, 2.45) is 17.8 Å². The first-order chi connectivity index (χ1) is 16.1. The summed E-state index contributed by atoms with van der Waals surface area (Å²) in [5.41, 5.74) is 2.93. The second-order valence-electron chi connectivity index (χ2n) is 10.5. The van der Waals surface area contributed by atoms with Crippen molar-refractivity contribution in [2.45, 2.75) is 45.1 Å². The van der Waals surface area contributed by atoms with Gasteiger partial charge in [0.05, 0.1) is 11.9 Å². The van der Waals surface area contributed by atoms with E-state index in [0.29, 0.717) is 19.0 Å². The molecule has 0 aromatic carbocycles. The molecule has 1 unspecified atom stereocenters. The summed E-state index contributed by atoms with van der Waals surface area (Å²) >= 11 is 0. The lowest BCUT2D eigenvalue weighted by Gasteiger charge is -2.38. The molecule has 1 aliphatic carbocycles. The SMILES string of the molecule is Cc1cn(C2CCN(CC3[C@@H]4CC[C@H]3CNC4)CC2)c2ncc(N3CCC(=O)NC3=O)cc12. The van der Waals surface area contributed by atoms with Gasteiger partial charge in [-0.3, -0.25) is 15.0 Å². The molecule has 8 heteroatoms. The molecular formula is C25H34N6O2. The van der Waals surface area contributed by atoms with Crippen LogP contribution in [0.5, 0.6) is 0 Å². The lowest BCUT2D eigenvalue weighted by atomic mass is 9.85. The minimum Gasteiger partial charge on any atom is -0.329 e. The van der Waals surface area contributed by atoms with Crippen LogP contribution >= 0.6 is 0 Å². The first-order valence-corrected chi connectivity index (χ1v) is 12.6. The summed E-state index contributed by atoms with van der Waals surface area (Å²) < 4.78 is 2.36. The molecule has 3 atom stereocenters. The Morgan fingerprint density at radius 3 is 2.55 bits per heavy atom. The Balaban J connectivity index is 1.15. The van der Waals surface area contributed by atoms with Crippen LogP contribution in [0.4, 0.5) is 10.5 Å². The van der Waals surface area contributed by atoms with Crippen molar-refractivity contribution in [2.75, 3.05) is 44.2 Å². The molecule has 8 nitrogen and oxygen atoms in total. The van der Waals surface area contributed by atoms with Crippen LogP contribution in [0.2, 0.25) is 0 Å². The molecule has 0 radical (unpaired) electrons. The van der Waals surface area contributed by atoms with E-state index < -0.39 is 0 Å². The normalized spacial score (nSPS) is 29.1. The van der Waals surface area contributed by atoms with Gasteiger partial charge in [-0.25, -0.2) is 9.78 Å². The highest BCUT2D eigenvalue weighted by molar-refractivity contribution is 6.06. The van der Waals surface area contributed by atoms with Gasteiger partial charge in [0, 0.05) is 50.2 Å². The number of amides is 3. The molecule has 1 saturated carbocycles. The van der Waals surface area contributed by atoms with Gasteiger partial charge in [-0.1, -0.05) is 0 Å². The van der Waals surface area contributed by atoms with Gasteiger partial charge in [-0.05, 0) is 75.1 Å². The fourth-order valence-electron chi connectivity index (χ4n) is 6.70. The molecule has 3 amide bonds. The van der Waals surface area contributed by atoms with E-state index in [4.69, 9.17) is 4.98 Å². The second-order valence-corrected chi connectivity index (χ2v) is 10.5. The topological polar surface area (TPSA) is 82.5 Å². The molecule has 2 N–H and O–H groups in total. The molecular weight excluding hydrogens is 416 g/mol. The molecule has 176 valence electrons. The molecule has 3 aliphatic heterocycles. The number of aromatic nitrogens is 2. The smallest absolute Gasteiger partial charge is 0.328 e. The third-order valence-corrected chi connectivity index (χ3v) is 8.57. The third kappa shape index (κ3) is 3.83. The van der Waals surface area contributed by atoms with E-state index in [-0.39, 0.29) is 11.9 Å². The number of urea groups is 1. The number of nitrogens with zero attached hydrogens (tertiary/aromatic N) is 4. The molecule has 3 saturated heterocycles. The maximum absolute atomic E-state index is 12.2. The quantitative estimate of drug-likeness (QED) is 0.749. The van der Waals surface area contributed by atoms with Crippen molar-refractivity contribution in [3.63, 3.8) is 0 Å². The molecule has 0 spiro atoms. The minimum atomic E-state index is -0.362. The number of carbonyl (C=O) groups is 2. The highest BCUT2D eigenvalue weighted by Crippen LogP contribution is 2.40. The van der Waals surface area contributed by atoms with Crippen LogP contribution in [0.25, 0.3) is 11.0 Å². The number of likely N-dealkylation sites (tertiary alicyclic amines) is 1. The summed E-state index contributed by atoms with van der Waals surface area (Å²) in [6, 6.07) is 2.15. The highest BCUT2D eigenvalue weighted by Gasteiger charge is 2.40. The zero-order valence-corrected chi connectivity index (χ0v) is 19.4. The van der Waals surface area contributed by atoms with Crippen LogP contribution in [0.3, 0.4) is 0 Å². The molecule has 4 fully saturated rings. The van der Waals surface area contributed by atoms with Crippen LogP contribution in [-0.2, 0) is 4.79 Å². The van der Waals surface area contributed by atoms with Crippen LogP contribution < -0.4 is 15.5 Å². The van der Waals surface area contributed by atoms with E-state index in [9.17, 15) is 9.59 Å². The number of hydrogen-bond donors (Lipinski definition) is 2. The lowest BCUT2D eigenvalue weighted by molar-refractivity contribution is -0.120. The van der Waals surface area contributed by atoms with Crippen molar-refractivity contribution in [3.8, 4) is 0 Å². The van der Waals surface area contributed by atoms with E-state index in [2.05, 4.69) is 33.2 Å². The maximum Gasteiger partial charge on any atom is 0.328 e. The number of carbonyl (C=O) groups excluding carboxylic acids is 2. The maximum atomic E-state index is 12.2. The van der Waals surface area contributed by atoms with Crippen molar-refractivity contribution in [1.29, 1.82) is 0 Å². The third-order valence-electron chi connectivity index (χ3n) is 8.57. The Labute approximate surface area is 194 Å². The average molecular weight is 451 g/mol. The van der Waals surface area contributed by atoms with E-state index in [1.54, 1.807) is 11.1 Å². The second kappa shape index (κ2) is 8.40. The summed E-state index contributed by atoms with van der Waals surface area (Å²) in [6.07, 6.45) is 9.46. The zero-order chi connectivity index (χ0) is 22.5. The van der Waals surface area contributed by atoms with Crippen LogP contribution in [0.15, 0.2) is 18.5 Å². The van der Waals surface area contributed by atoms with Crippen molar-refractivity contribution in [3.05, 3.63) is 24.0 Å². The summed E-state index contributed by atoms with van der Waals surface area (Å²) in [5, 5.41) is 7.11. The van der Waals surface area contributed by atoms with Gasteiger partial charge in [-0.15, -0.1) is 0 Å². The number of pyridine rings is 1. The molecule has 33 heavy (non-hydrogen) atoms. The predicted molar refractivity (Wildman–Crippen MR) is 127 cm³/mol. The summed E-state index contributed by atoms with van der Waals surface area (Å²) in [5.74, 6) is 2.44. The number of anilines is 1. The van der Waals surface area contributed by atoms with Gasteiger partial charge >= 0.3 is 6.03 Å². The highest BCUT2D eigenvalue weighted by atomic mass is 16.2. The standard InChI is InChI=1S/C25H34N6O2/c1-16-14-31(24-21(16)10-20(13-27-24)30-9-6-23(32)28-25(30)33)19-4-7-29(8-5-19)15-22-17-2-3-18(22)12-26-11-17/h10,13-14,17-19,22,26H,2-9,11-12,15H2,1H3,(H,28,32,33)/t17-,18+,22?. The lowest BCUT2D eigenvalue weighted by Crippen LogP contribution is -2.49. The van der Waals surface area contributed by atoms with Crippen molar-refractivity contribution < 1.29 is 9.59 Å². The summed E-state index contributed by atoms with van der Waals surface area (Å²) in [6.45, 7) is 8.54. The van der Waals surface area contributed by atoms with E-state index in [1.165, 1.54) is 38.0 Å². The van der Waals surface area contributed by atoms with Gasteiger partial charge in [0.15, 0.2) is 0 Å². The fourth-order valence-corrected chi connectivity index (χ4v) is 6.70. The Morgan fingerprint density at radius 1 is 1.06 bits per heavy atom. The first-order valence-electron chi connectivity index (χ1n) is 12.6. The van der Waals surface area contributed by atoms with Crippen LogP contribution in [-0.4, -0.2) is 65.7 Å². The molecule has 2 aromatic heterocycles. The monoisotopic (exact) mass is 450 g/mol. The molecule has 5 heterocycles. The van der Waals surface area contributed by atoms with Crippen LogP contribution in [0.1, 0.15) is 43.7 Å².